The lowest BCUT2D eigenvalue weighted by Crippen LogP contribution is -2.53. The highest BCUT2D eigenvalue weighted by molar-refractivity contribution is 7.89. The number of carbonyl (C=O) groups excluding carboxylic acids is 1. The Hall–Kier alpha value is -1.44. The molecule has 1 aromatic carbocycles. The number of hydrogen-bond donors (Lipinski definition) is 1. The number of hydrogen-bond acceptors (Lipinski definition) is 4. The Kier molecular flexibility index (Phi) is 4.68. The molecule has 3 rings (SSSR count). The number of nitrogens with zero attached hydrogens (tertiary/aromatic N) is 1. The van der Waals surface area contributed by atoms with Gasteiger partial charge in [0, 0.05) is 24.7 Å². The third-order valence-corrected chi connectivity index (χ3v) is 6.02. The van der Waals surface area contributed by atoms with Gasteiger partial charge in [-0.1, -0.05) is 6.07 Å². The van der Waals surface area contributed by atoms with Crippen molar-refractivity contribution in [2.24, 2.45) is 0 Å². The van der Waals surface area contributed by atoms with Gasteiger partial charge in [-0.15, -0.1) is 0 Å². The second-order valence-electron chi connectivity index (χ2n) is 7.75. The van der Waals surface area contributed by atoms with Crippen LogP contribution < -0.4 is 4.72 Å². The first-order valence-corrected chi connectivity index (χ1v) is 10.2. The van der Waals surface area contributed by atoms with Gasteiger partial charge >= 0.3 is 0 Å². The molecule has 0 aromatic heterocycles. The van der Waals surface area contributed by atoms with Crippen molar-refractivity contribution in [3.8, 4) is 0 Å². The van der Waals surface area contributed by atoms with Crippen molar-refractivity contribution < 1.29 is 17.9 Å². The molecule has 1 amide bonds. The van der Waals surface area contributed by atoms with Gasteiger partial charge in [0.25, 0.3) is 5.91 Å². The number of carbonyl (C=O) groups is 1. The quantitative estimate of drug-likeness (QED) is 0.885. The van der Waals surface area contributed by atoms with E-state index < -0.39 is 15.6 Å². The van der Waals surface area contributed by atoms with Gasteiger partial charge in [-0.25, -0.2) is 13.1 Å². The second-order valence-corrected chi connectivity index (χ2v) is 9.46. The van der Waals surface area contributed by atoms with Crippen molar-refractivity contribution >= 4 is 15.9 Å². The van der Waals surface area contributed by atoms with Crippen LogP contribution in [-0.4, -0.2) is 50.1 Å². The van der Waals surface area contributed by atoms with E-state index in [1.807, 2.05) is 27.7 Å². The fraction of sp³-hybridized carbons (Fsp3) is 0.611. The zero-order chi connectivity index (χ0) is 18.4. The standard InChI is InChI=1S/C18H26N2O4S/c1-12-5-8-15(25(22,23)19-14-6-7-14)9-16(12)17(21)20-10-13(2)24-18(3,4)11-20/h5,8-9,13-14,19H,6-7,10-11H2,1-4H3. The molecule has 1 atom stereocenters. The van der Waals surface area contributed by atoms with Crippen molar-refractivity contribution in [2.45, 2.75) is 63.2 Å². The molecule has 7 heteroatoms. The van der Waals surface area contributed by atoms with E-state index in [4.69, 9.17) is 4.74 Å². The number of ether oxygens (including phenoxy) is 1. The van der Waals surface area contributed by atoms with Crippen LogP contribution in [0, 0.1) is 6.92 Å². The topological polar surface area (TPSA) is 75.7 Å². The number of benzene rings is 1. The maximum atomic E-state index is 13.0. The molecule has 1 saturated carbocycles. The normalized spacial score (nSPS) is 23.5. The van der Waals surface area contributed by atoms with E-state index in [2.05, 4.69) is 4.72 Å². The van der Waals surface area contributed by atoms with E-state index in [1.165, 1.54) is 6.07 Å². The maximum absolute atomic E-state index is 13.0. The van der Waals surface area contributed by atoms with Crippen molar-refractivity contribution in [3.05, 3.63) is 29.3 Å². The van der Waals surface area contributed by atoms with E-state index in [9.17, 15) is 13.2 Å². The van der Waals surface area contributed by atoms with Gasteiger partial charge in [0.15, 0.2) is 0 Å². The number of sulfonamides is 1. The average molecular weight is 366 g/mol. The molecule has 1 aliphatic carbocycles. The predicted molar refractivity (Wildman–Crippen MR) is 95.1 cm³/mol. The van der Waals surface area contributed by atoms with Crippen LogP contribution in [0.1, 0.15) is 49.5 Å². The van der Waals surface area contributed by atoms with Crippen LogP contribution in [0.2, 0.25) is 0 Å². The second kappa shape index (κ2) is 6.37. The third-order valence-electron chi connectivity index (χ3n) is 4.51. The zero-order valence-corrected chi connectivity index (χ0v) is 16.0. The van der Waals surface area contributed by atoms with E-state index in [-0.39, 0.29) is 22.9 Å². The summed E-state index contributed by atoms with van der Waals surface area (Å²) in [5.74, 6) is -0.149. The SMILES string of the molecule is Cc1ccc(S(=O)(=O)NC2CC2)cc1C(=O)N1CC(C)OC(C)(C)C1. The van der Waals surface area contributed by atoms with Gasteiger partial charge in [0.2, 0.25) is 10.0 Å². The Morgan fingerprint density at radius 1 is 1.32 bits per heavy atom. The largest absolute Gasteiger partial charge is 0.369 e. The summed E-state index contributed by atoms with van der Waals surface area (Å²) < 4.78 is 33.4. The fourth-order valence-electron chi connectivity index (χ4n) is 3.27. The van der Waals surface area contributed by atoms with E-state index >= 15 is 0 Å². The van der Waals surface area contributed by atoms with Gasteiger partial charge in [-0.05, 0) is 58.2 Å². The summed E-state index contributed by atoms with van der Waals surface area (Å²) in [7, 11) is -3.58. The molecule has 138 valence electrons. The number of amides is 1. The van der Waals surface area contributed by atoms with Gasteiger partial charge in [-0.3, -0.25) is 4.79 Å². The predicted octanol–water partition coefficient (Wildman–Crippen LogP) is 2.08. The molecule has 2 aliphatic rings. The van der Waals surface area contributed by atoms with Gasteiger partial charge in [0.05, 0.1) is 16.6 Å². The minimum atomic E-state index is -3.58. The fourth-order valence-corrected chi connectivity index (χ4v) is 4.60. The highest BCUT2D eigenvalue weighted by Crippen LogP contribution is 2.26. The molecule has 2 fully saturated rings. The van der Waals surface area contributed by atoms with E-state index in [0.29, 0.717) is 18.7 Å². The molecule has 1 heterocycles. The van der Waals surface area contributed by atoms with Crippen LogP contribution in [0.15, 0.2) is 23.1 Å². The average Bonchev–Trinajstić information content (AvgIpc) is 3.28. The first kappa shape index (κ1) is 18.4. The van der Waals surface area contributed by atoms with Crippen molar-refractivity contribution in [2.75, 3.05) is 13.1 Å². The molecule has 25 heavy (non-hydrogen) atoms. The maximum Gasteiger partial charge on any atom is 0.254 e. The summed E-state index contributed by atoms with van der Waals surface area (Å²) in [6.45, 7) is 8.65. The first-order valence-electron chi connectivity index (χ1n) is 8.67. The summed E-state index contributed by atoms with van der Waals surface area (Å²) in [5, 5.41) is 0. The third kappa shape index (κ3) is 4.22. The highest BCUT2D eigenvalue weighted by atomic mass is 32.2. The van der Waals surface area contributed by atoms with Crippen molar-refractivity contribution in [1.82, 2.24) is 9.62 Å². The van der Waals surface area contributed by atoms with Crippen LogP contribution in [0.4, 0.5) is 0 Å². The van der Waals surface area contributed by atoms with Crippen LogP contribution in [0.5, 0.6) is 0 Å². The molecule has 1 saturated heterocycles. The molecular weight excluding hydrogens is 340 g/mol. The number of aryl methyl sites for hydroxylation is 1. The van der Waals surface area contributed by atoms with Gasteiger partial charge < -0.3 is 9.64 Å². The number of rotatable bonds is 4. The Morgan fingerprint density at radius 3 is 2.60 bits per heavy atom. The van der Waals surface area contributed by atoms with Crippen molar-refractivity contribution in [3.63, 3.8) is 0 Å². The lowest BCUT2D eigenvalue weighted by atomic mass is 10.0. The van der Waals surface area contributed by atoms with E-state index in [1.54, 1.807) is 17.0 Å². The number of nitrogens with one attached hydrogen (secondary N) is 1. The zero-order valence-electron chi connectivity index (χ0n) is 15.2. The smallest absolute Gasteiger partial charge is 0.254 e. The van der Waals surface area contributed by atoms with Crippen LogP contribution in [0.3, 0.4) is 0 Å². The molecule has 1 N–H and O–H groups in total. The van der Waals surface area contributed by atoms with Crippen LogP contribution >= 0.6 is 0 Å². The van der Waals surface area contributed by atoms with E-state index in [0.717, 1.165) is 18.4 Å². The molecule has 0 bridgehead atoms. The Bertz CT molecular complexity index is 784. The minimum Gasteiger partial charge on any atom is -0.369 e. The molecule has 6 nitrogen and oxygen atoms in total. The molecule has 1 unspecified atom stereocenters. The highest BCUT2D eigenvalue weighted by Gasteiger charge is 2.35. The Balaban J connectivity index is 1.88. The lowest BCUT2D eigenvalue weighted by Gasteiger charge is -2.41. The van der Waals surface area contributed by atoms with Gasteiger partial charge in [0.1, 0.15) is 0 Å². The molecule has 1 aromatic rings. The lowest BCUT2D eigenvalue weighted by molar-refractivity contribution is -0.118. The Morgan fingerprint density at radius 2 is 2.00 bits per heavy atom. The summed E-state index contributed by atoms with van der Waals surface area (Å²) in [6, 6.07) is 4.79. The van der Waals surface area contributed by atoms with Crippen LogP contribution in [-0.2, 0) is 14.8 Å². The molecule has 0 radical (unpaired) electrons. The molecular formula is C18H26N2O4S. The van der Waals surface area contributed by atoms with Gasteiger partial charge in [-0.2, -0.15) is 0 Å². The number of morpholine rings is 1. The first-order chi connectivity index (χ1) is 11.6. The summed E-state index contributed by atoms with van der Waals surface area (Å²) in [6.07, 6.45) is 1.69. The Labute approximate surface area is 149 Å². The molecule has 1 aliphatic heterocycles. The summed E-state index contributed by atoms with van der Waals surface area (Å²) >= 11 is 0. The molecule has 0 spiro atoms. The van der Waals surface area contributed by atoms with Crippen molar-refractivity contribution in [1.29, 1.82) is 0 Å². The minimum absolute atomic E-state index is 0.0337. The monoisotopic (exact) mass is 366 g/mol. The summed E-state index contributed by atoms with van der Waals surface area (Å²) in [5.41, 5.74) is 0.786. The summed E-state index contributed by atoms with van der Waals surface area (Å²) in [4.78, 5) is 14.9. The van der Waals surface area contributed by atoms with Crippen LogP contribution in [0.25, 0.3) is 0 Å².